The van der Waals surface area contributed by atoms with Crippen LogP contribution in [0.25, 0.3) is 11.1 Å². The maximum Gasteiger partial charge on any atom is 0.274 e. The number of likely N-dealkylation sites (N-methyl/N-ethyl adjacent to an activating group) is 1. The first-order chi connectivity index (χ1) is 20.5. The van der Waals surface area contributed by atoms with Crippen LogP contribution >= 0.6 is 0 Å². The third-order valence-corrected chi connectivity index (χ3v) is 9.01. The quantitative estimate of drug-likeness (QED) is 0.371. The summed E-state index contributed by atoms with van der Waals surface area (Å²) in [5.74, 6) is -0.185. The van der Waals surface area contributed by atoms with Crippen molar-refractivity contribution in [3.8, 4) is 11.1 Å². The van der Waals surface area contributed by atoms with E-state index >= 15 is 4.39 Å². The van der Waals surface area contributed by atoms with Crippen LogP contribution in [-0.4, -0.2) is 55.0 Å². The van der Waals surface area contributed by atoms with E-state index in [1.165, 1.54) is 28.0 Å². The van der Waals surface area contributed by atoms with Crippen molar-refractivity contribution in [2.75, 3.05) is 30.4 Å². The number of hydrogen-bond donors (Lipinski definition) is 2. The number of aliphatic hydroxyl groups excluding tert-OH is 1. The number of pyridine rings is 1. The second-order valence-electron chi connectivity index (χ2n) is 12.9. The van der Waals surface area contributed by atoms with E-state index in [1.807, 2.05) is 16.8 Å². The molecule has 0 unspecified atom stereocenters. The third-order valence-electron chi connectivity index (χ3n) is 9.01. The topological polar surface area (TPSA) is 101 Å². The Morgan fingerprint density at radius 2 is 1.84 bits per heavy atom. The second-order valence-corrected chi connectivity index (χ2v) is 12.9. The zero-order valence-electron chi connectivity index (χ0n) is 24.9. The highest BCUT2D eigenvalue weighted by molar-refractivity contribution is 6.07. The van der Waals surface area contributed by atoms with E-state index in [9.17, 15) is 14.7 Å². The summed E-state index contributed by atoms with van der Waals surface area (Å²) >= 11 is 0. The number of fused-ring (bicyclic) bond motifs is 4. The van der Waals surface area contributed by atoms with E-state index in [2.05, 4.69) is 40.8 Å². The monoisotopic (exact) mass is 585 g/mol. The Morgan fingerprint density at radius 1 is 1.02 bits per heavy atom. The number of anilines is 3. The van der Waals surface area contributed by atoms with Gasteiger partial charge in [-0.25, -0.2) is 4.39 Å². The fraction of sp³-hybridized carbons (Fsp3) is 0.406. The highest BCUT2D eigenvalue weighted by atomic mass is 19.1. The molecule has 0 atom stereocenters. The van der Waals surface area contributed by atoms with E-state index in [-0.39, 0.29) is 22.6 Å². The number of benzene rings is 1. The lowest BCUT2D eigenvalue weighted by molar-refractivity contribution is 0.0963. The predicted octanol–water partition coefficient (Wildman–Crippen LogP) is 3.66. The molecule has 0 spiro atoms. The van der Waals surface area contributed by atoms with Crippen LogP contribution in [0.2, 0.25) is 0 Å². The van der Waals surface area contributed by atoms with Crippen LogP contribution < -0.4 is 15.8 Å². The normalized spacial score (nSPS) is 17.6. The van der Waals surface area contributed by atoms with Gasteiger partial charge in [-0.2, -0.15) is 5.10 Å². The van der Waals surface area contributed by atoms with E-state index in [1.54, 1.807) is 24.2 Å². The number of nitrogens with zero attached hydrogens (tertiary/aromatic N) is 6. The van der Waals surface area contributed by atoms with Gasteiger partial charge in [0.15, 0.2) is 5.82 Å². The van der Waals surface area contributed by atoms with Crippen molar-refractivity contribution in [3.05, 3.63) is 80.9 Å². The zero-order valence-corrected chi connectivity index (χ0v) is 24.9. The smallest absolute Gasteiger partial charge is 0.274 e. The highest BCUT2D eigenvalue weighted by Gasteiger charge is 2.37. The van der Waals surface area contributed by atoms with Crippen LogP contribution in [0.3, 0.4) is 0 Å². The number of nitrogens with one attached hydrogen (secondary N) is 1. The van der Waals surface area contributed by atoms with Crippen LogP contribution in [0.1, 0.15) is 46.9 Å². The van der Waals surface area contributed by atoms with Gasteiger partial charge in [0.05, 0.1) is 24.5 Å². The molecule has 1 aliphatic carbocycles. The first-order valence-corrected chi connectivity index (χ1v) is 14.7. The Labute approximate surface area is 249 Å². The van der Waals surface area contributed by atoms with Crippen molar-refractivity contribution in [2.24, 2.45) is 12.5 Å². The number of carbonyl (C=O) groups is 1. The summed E-state index contributed by atoms with van der Waals surface area (Å²) in [6.07, 6.45) is 3.46. The summed E-state index contributed by atoms with van der Waals surface area (Å²) < 4.78 is 20.8. The molecule has 43 heavy (non-hydrogen) atoms. The first kappa shape index (κ1) is 27.6. The molecule has 224 valence electrons. The SMILES string of the molecule is CN1CCn2nc(Nc3cc(-c4cc(F)cc(N5CCn6c(cc7c6CC(C)(C)C7)C5=O)c4CO)cn(C)c3=O)cc2C1. The maximum absolute atomic E-state index is 15.3. The second kappa shape index (κ2) is 9.92. The fourth-order valence-corrected chi connectivity index (χ4v) is 6.97. The Morgan fingerprint density at radius 3 is 2.63 bits per heavy atom. The Bertz CT molecular complexity index is 1850. The fourth-order valence-electron chi connectivity index (χ4n) is 6.97. The maximum atomic E-state index is 15.3. The molecule has 0 bridgehead atoms. The molecule has 1 amide bonds. The molecule has 3 aromatic heterocycles. The summed E-state index contributed by atoms with van der Waals surface area (Å²) in [7, 11) is 3.68. The predicted molar refractivity (Wildman–Crippen MR) is 162 cm³/mol. The molecule has 0 saturated heterocycles. The average Bonchev–Trinajstić information content (AvgIpc) is 3.60. The van der Waals surface area contributed by atoms with Gasteiger partial charge in [0.25, 0.3) is 11.5 Å². The number of halogens is 1. The summed E-state index contributed by atoms with van der Waals surface area (Å²) in [4.78, 5) is 30.7. The number of rotatable bonds is 5. The molecule has 10 nitrogen and oxygen atoms in total. The van der Waals surface area contributed by atoms with Crippen molar-refractivity contribution in [1.29, 1.82) is 0 Å². The molecule has 2 N–H and O–H groups in total. The highest BCUT2D eigenvalue weighted by Crippen LogP contribution is 2.41. The molecule has 0 saturated carbocycles. The molecule has 2 aliphatic heterocycles. The number of aromatic nitrogens is 4. The first-order valence-electron chi connectivity index (χ1n) is 14.7. The minimum absolute atomic E-state index is 0.172. The average molecular weight is 586 g/mol. The Kier molecular flexibility index (Phi) is 6.37. The molecule has 0 radical (unpaired) electrons. The molecule has 4 aromatic rings. The lowest BCUT2D eigenvalue weighted by Crippen LogP contribution is -2.41. The van der Waals surface area contributed by atoms with Crippen molar-refractivity contribution in [1.82, 2.24) is 23.8 Å². The van der Waals surface area contributed by atoms with Crippen LogP contribution in [-0.2, 0) is 46.1 Å². The Balaban J connectivity index is 1.25. The molecular weight excluding hydrogens is 549 g/mol. The summed E-state index contributed by atoms with van der Waals surface area (Å²) in [6.45, 7) is 7.44. The molecule has 1 aromatic carbocycles. The standard InChI is InChI=1S/C32H36FN7O3/c1-32(2)14-19-10-27-31(43)39(7-6-38(27)28(19)15-32)26-12-21(33)11-23(24(26)18-41)20-9-25(30(42)37(4)16-20)34-29-13-22-17-36(3)5-8-40(22)35-29/h9-13,16,41H,5-8,14-15,17-18H2,1-4H3,(H,34,35). The van der Waals surface area contributed by atoms with Crippen molar-refractivity contribution in [2.45, 2.75) is 52.9 Å². The van der Waals surface area contributed by atoms with Gasteiger partial charge >= 0.3 is 0 Å². The van der Waals surface area contributed by atoms with Gasteiger partial charge in [0.1, 0.15) is 17.2 Å². The molecule has 11 heteroatoms. The van der Waals surface area contributed by atoms with Gasteiger partial charge < -0.3 is 24.5 Å². The molecule has 7 rings (SSSR count). The number of carbonyl (C=O) groups excluding carboxylic acids is 1. The number of hydrogen-bond acceptors (Lipinski definition) is 6. The molecule has 3 aliphatic rings. The van der Waals surface area contributed by atoms with Crippen LogP contribution in [0.15, 0.2) is 41.3 Å². The third kappa shape index (κ3) is 4.67. The Hall–Kier alpha value is -4.22. The van der Waals surface area contributed by atoms with E-state index in [0.29, 0.717) is 47.0 Å². The van der Waals surface area contributed by atoms with Gasteiger partial charge in [-0.05, 0) is 60.7 Å². The van der Waals surface area contributed by atoms with E-state index in [4.69, 9.17) is 0 Å². The lowest BCUT2D eigenvalue weighted by Gasteiger charge is -2.32. The number of amides is 1. The van der Waals surface area contributed by atoms with Gasteiger partial charge in [-0.3, -0.25) is 19.2 Å². The summed E-state index contributed by atoms with van der Waals surface area (Å²) in [5.41, 5.74) is 5.97. The van der Waals surface area contributed by atoms with Crippen LogP contribution in [0.4, 0.5) is 21.6 Å². The van der Waals surface area contributed by atoms with Crippen molar-refractivity contribution in [3.63, 3.8) is 0 Å². The molecule has 0 fully saturated rings. The lowest BCUT2D eigenvalue weighted by atomic mass is 9.90. The van der Waals surface area contributed by atoms with E-state index in [0.717, 1.165) is 38.2 Å². The van der Waals surface area contributed by atoms with Gasteiger partial charge in [0.2, 0.25) is 0 Å². The van der Waals surface area contributed by atoms with Gasteiger partial charge in [-0.15, -0.1) is 0 Å². The summed E-state index contributed by atoms with van der Waals surface area (Å²) in [5, 5.41) is 18.4. The number of aryl methyl sites for hydroxylation is 1. The molecule has 5 heterocycles. The van der Waals surface area contributed by atoms with Crippen LogP contribution in [0.5, 0.6) is 0 Å². The number of aliphatic hydroxyl groups is 1. The largest absolute Gasteiger partial charge is 0.392 e. The van der Waals surface area contributed by atoms with Crippen LogP contribution in [0, 0.1) is 11.2 Å². The van der Waals surface area contributed by atoms with Gasteiger partial charge in [-0.1, -0.05) is 13.8 Å². The zero-order chi connectivity index (χ0) is 30.2. The minimum Gasteiger partial charge on any atom is -0.392 e. The van der Waals surface area contributed by atoms with Crippen molar-refractivity contribution < 1.29 is 14.3 Å². The minimum atomic E-state index is -0.533. The molecular formula is C32H36FN7O3. The van der Waals surface area contributed by atoms with E-state index < -0.39 is 12.4 Å². The van der Waals surface area contributed by atoms with Gasteiger partial charge in [0, 0.05) is 62.3 Å². The van der Waals surface area contributed by atoms with Crippen molar-refractivity contribution >= 4 is 23.1 Å². The summed E-state index contributed by atoms with van der Waals surface area (Å²) in [6, 6.07) is 8.22.